The van der Waals surface area contributed by atoms with Gasteiger partial charge in [0, 0.05) is 19.0 Å². The third kappa shape index (κ3) is 3.63. The summed E-state index contributed by atoms with van der Waals surface area (Å²) in [5, 5.41) is 2.64. The van der Waals surface area contributed by atoms with Gasteiger partial charge in [-0.3, -0.25) is 4.79 Å². The summed E-state index contributed by atoms with van der Waals surface area (Å²) in [7, 11) is 0. The number of terminal acetylenes is 1. The monoisotopic (exact) mass is 189 g/mol. The van der Waals surface area contributed by atoms with Crippen LogP contribution in [0.5, 0.6) is 0 Å². The van der Waals surface area contributed by atoms with E-state index < -0.39 is 0 Å². The molecule has 1 amide bonds. The molecule has 1 heterocycles. The summed E-state index contributed by atoms with van der Waals surface area (Å²) in [4.78, 5) is 11.1. The molecule has 0 radical (unpaired) electrons. The quantitative estimate of drug-likeness (QED) is 0.442. The lowest BCUT2D eigenvalue weighted by molar-refractivity contribution is -0.116. The summed E-state index contributed by atoms with van der Waals surface area (Å²) >= 11 is 0. The Morgan fingerprint density at radius 2 is 2.57 bits per heavy atom. The van der Waals surface area contributed by atoms with Crippen molar-refractivity contribution < 1.29 is 9.21 Å². The summed E-state index contributed by atoms with van der Waals surface area (Å²) in [5.74, 6) is 2.92. The van der Waals surface area contributed by atoms with Gasteiger partial charge in [0.15, 0.2) is 0 Å². The van der Waals surface area contributed by atoms with Crippen LogP contribution in [-0.2, 0) is 4.79 Å². The van der Waals surface area contributed by atoms with Gasteiger partial charge in [-0.1, -0.05) is 0 Å². The molecule has 72 valence electrons. The smallest absolute Gasteiger partial charge is 0.244 e. The molecule has 0 unspecified atom stereocenters. The topological polar surface area (TPSA) is 42.2 Å². The van der Waals surface area contributed by atoms with Gasteiger partial charge in [0.2, 0.25) is 5.91 Å². The van der Waals surface area contributed by atoms with Gasteiger partial charge in [-0.05, 0) is 18.2 Å². The van der Waals surface area contributed by atoms with E-state index in [9.17, 15) is 4.79 Å². The van der Waals surface area contributed by atoms with Crippen LogP contribution in [0.25, 0.3) is 6.08 Å². The highest BCUT2D eigenvalue weighted by atomic mass is 16.3. The number of rotatable bonds is 4. The van der Waals surface area contributed by atoms with E-state index in [0.29, 0.717) is 18.7 Å². The summed E-state index contributed by atoms with van der Waals surface area (Å²) in [5.41, 5.74) is 0. The number of nitrogens with one attached hydrogen (secondary N) is 1. The van der Waals surface area contributed by atoms with Gasteiger partial charge in [0.1, 0.15) is 5.76 Å². The molecule has 0 saturated carbocycles. The predicted molar refractivity (Wildman–Crippen MR) is 54.2 cm³/mol. The van der Waals surface area contributed by atoms with E-state index in [1.165, 1.54) is 6.08 Å². The first-order chi connectivity index (χ1) is 6.83. The van der Waals surface area contributed by atoms with Crippen LogP contribution in [0.3, 0.4) is 0 Å². The Morgan fingerprint density at radius 3 is 3.21 bits per heavy atom. The molecule has 3 nitrogen and oxygen atoms in total. The SMILES string of the molecule is C#CCCNC(=O)C=Cc1ccco1. The van der Waals surface area contributed by atoms with Gasteiger partial charge in [0.05, 0.1) is 6.26 Å². The van der Waals surface area contributed by atoms with Gasteiger partial charge >= 0.3 is 0 Å². The van der Waals surface area contributed by atoms with Crippen LogP contribution in [0.1, 0.15) is 12.2 Å². The number of furan rings is 1. The van der Waals surface area contributed by atoms with Crippen LogP contribution in [0.15, 0.2) is 28.9 Å². The van der Waals surface area contributed by atoms with Gasteiger partial charge in [0.25, 0.3) is 0 Å². The molecule has 0 aliphatic carbocycles. The molecule has 1 N–H and O–H groups in total. The van der Waals surface area contributed by atoms with E-state index in [4.69, 9.17) is 10.8 Å². The van der Waals surface area contributed by atoms with Crippen molar-refractivity contribution in [2.75, 3.05) is 6.54 Å². The largest absolute Gasteiger partial charge is 0.465 e. The molecule has 0 fully saturated rings. The predicted octanol–water partition coefficient (Wildman–Crippen LogP) is 1.43. The third-order valence-corrected chi connectivity index (χ3v) is 1.51. The van der Waals surface area contributed by atoms with Crippen molar-refractivity contribution in [1.82, 2.24) is 5.32 Å². The summed E-state index contributed by atoms with van der Waals surface area (Å²) in [6.45, 7) is 0.498. The maximum absolute atomic E-state index is 11.1. The molecule has 14 heavy (non-hydrogen) atoms. The normalized spacial score (nSPS) is 9.93. The molecule has 0 aliphatic heterocycles. The minimum Gasteiger partial charge on any atom is -0.465 e. The van der Waals surface area contributed by atoms with E-state index in [2.05, 4.69) is 11.2 Å². The Morgan fingerprint density at radius 1 is 1.71 bits per heavy atom. The van der Waals surface area contributed by atoms with Crippen molar-refractivity contribution >= 4 is 12.0 Å². The second kappa shape index (κ2) is 5.65. The van der Waals surface area contributed by atoms with Crippen LogP contribution in [-0.4, -0.2) is 12.5 Å². The molecule has 1 aromatic heterocycles. The fourth-order valence-electron chi connectivity index (χ4n) is 0.861. The fraction of sp³-hybridized carbons (Fsp3) is 0.182. The van der Waals surface area contributed by atoms with Crippen molar-refractivity contribution in [2.45, 2.75) is 6.42 Å². The van der Waals surface area contributed by atoms with E-state index in [1.807, 2.05) is 0 Å². The average molecular weight is 189 g/mol. The Labute approximate surface area is 82.8 Å². The summed E-state index contributed by atoms with van der Waals surface area (Å²) in [6, 6.07) is 3.53. The van der Waals surface area contributed by atoms with Crippen molar-refractivity contribution in [3.05, 3.63) is 30.2 Å². The molecule has 1 aromatic rings. The molecule has 0 aliphatic rings. The number of amides is 1. The second-order valence-electron chi connectivity index (χ2n) is 2.59. The lowest BCUT2D eigenvalue weighted by Gasteiger charge is -1.95. The molecule has 0 spiro atoms. The van der Waals surface area contributed by atoms with Gasteiger partial charge in [-0.25, -0.2) is 0 Å². The zero-order valence-electron chi connectivity index (χ0n) is 7.69. The maximum atomic E-state index is 11.1. The molecular weight excluding hydrogens is 178 g/mol. The van der Waals surface area contributed by atoms with Crippen LogP contribution >= 0.6 is 0 Å². The first kappa shape index (κ1) is 10.1. The average Bonchev–Trinajstić information content (AvgIpc) is 2.68. The van der Waals surface area contributed by atoms with E-state index in [-0.39, 0.29) is 5.91 Å². The second-order valence-corrected chi connectivity index (χ2v) is 2.59. The number of carbonyl (C=O) groups excluding carboxylic acids is 1. The standard InChI is InChI=1S/C11H11NO2/c1-2-3-8-12-11(13)7-6-10-5-4-9-14-10/h1,4-7,9H,3,8H2,(H,12,13). The minimum absolute atomic E-state index is 0.170. The Bertz CT molecular complexity index is 344. The molecule has 0 aromatic carbocycles. The summed E-state index contributed by atoms with van der Waals surface area (Å²) < 4.78 is 5.01. The first-order valence-corrected chi connectivity index (χ1v) is 4.26. The highest BCUT2D eigenvalue weighted by molar-refractivity contribution is 5.91. The highest BCUT2D eigenvalue weighted by Gasteiger charge is 1.93. The van der Waals surface area contributed by atoms with Crippen LogP contribution in [0.2, 0.25) is 0 Å². The fourth-order valence-corrected chi connectivity index (χ4v) is 0.861. The number of hydrogen-bond donors (Lipinski definition) is 1. The van der Waals surface area contributed by atoms with E-state index in [1.54, 1.807) is 24.5 Å². The Hall–Kier alpha value is -1.95. The lowest BCUT2D eigenvalue weighted by Crippen LogP contribution is -2.21. The molecule has 0 saturated heterocycles. The van der Waals surface area contributed by atoms with Crippen molar-refractivity contribution in [2.24, 2.45) is 0 Å². The van der Waals surface area contributed by atoms with Gasteiger partial charge < -0.3 is 9.73 Å². The number of carbonyl (C=O) groups is 1. The van der Waals surface area contributed by atoms with Gasteiger partial charge in [-0.15, -0.1) is 12.3 Å². The van der Waals surface area contributed by atoms with E-state index >= 15 is 0 Å². The van der Waals surface area contributed by atoms with Crippen LogP contribution in [0, 0.1) is 12.3 Å². The number of hydrogen-bond acceptors (Lipinski definition) is 2. The molecule has 1 rings (SSSR count). The Kier molecular flexibility index (Phi) is 4.09. The van der Waals surface area contributed by atoms with Crippen LogP contribution in [0.4, 0.5) is 0 Å². The zero-order valence-corrected chi connectivity index (χ0v) is 7.69. The first-order valence-electron chi connectivity index (χ1n) is 4.26. The third-order valence-electron chi connectivity index (χ3n) is 1.51. The van der Waals surface area contributed by atoms with Crippen molar-refractivity contribution in [3.63, 3.8) is 0 Å². The maximum Gasteiger partial charge on any atom is 0.244 e. The zero-order chi connectivity index (χ0) is 10.2. The molecule has 0 bridgehead atoms. The van der Waals surface area contributed by atoms with Crippen molar-refractivity contribution in [1.29, 1.82) is 0 Å². The molecule has 0 atom stereocenters. The molecular formula is C11H11NO2. The summed E-state index contributed by atoms with van der Waals surface area (Å²) in [6.07, 6.45) is 10.1. The minimum atomic E-state index is -0.170. The lowest BCUT2D eigenvalue weighted by atomic mass is 10.3. The van der Waals surface area contributed by atoms with Crippen LogP contribution < -0.4 is 5.32 Å². The van der Waals surface area contributed by atoms with Crippen molar-refractivity contribution in [3.8, 4) is 12.3 Å². The highest BCUT2D eigenvalue weighted by Crippen LogP contribution is 2.01. The molecule has 3 heteroatoms. The van der Waals surface area contributed by atoms with E-state index in [0.717, 1.165) is 0 Å². The Balaban J connectivity index is 2.31. The van der Waals surface area contributed by atoms with Gasteiger partial charge in [-0.2, -0.15) is 0 Å².